The molecule has 1 saturated heterocycles. The van der Waals surface area contributed by atoms with Crippen molar-refractivity contribution in [2.75, 3.05) is 0 Å². The Bertz CT molecular complexity index is 905. The van der Waals surface area contributed by atoms with Gasteiger partial charge in [-0.15, -0.1) is 0 Å². The molecule has 204 valence electrons. The van der Waals surface area contributed by atoms with Gasteiger partial charge in [0.05, 0.1) is 24.5 Å². The van der Waals surface area contributed by atoms with Crippen molar-refractivity contribution >= 4 is 28.4 Å². The number of benzene rings is 1. The minimum Gasteiger partial charge on any atom is -0.461 e. The first kappa shape index (κ1) is 30.7. The number of nitrogens with zero attached hydrogens (tertiary/aromatic N) is 1. The largest absolute Gasteiger partial charge is 0.461 e. The zero-order valence-corrected chi connectivity index (χ0v) is 26.3. The van der Waals surface area contributed by atoms with E-state index < -0.39 is 28.6 Å². The molecule has 1 aromatic rings. The minimum atomic E-state index is -2.18. The molecule has 0 aromatic heterocycles. The van der Waals surface area contributed by atoms with Gasteiger partial charge in [0.2, 0.25) is 5.91 Å². The Morgan fingerprint density at radius 2 is 1.58 bits per heavy atom. The number of hydrogen-bond donors (Lipinski definition) is 1. The summed E-state index contributed by atoms with van der Waals surface area (Å²) in [5.41, 5.74) is 0.908. The zero-order valence-electron chi connectivity index (χ0n) is 24.3. The second-order valence-corrected chi connectivity index (χ2v) is 23.3. The van der Waals surface area contributed by atoms with Crippen LogP contribution in [0.15, 0.2) is 30.3 Å². The fraction of sp³-hybridized carbons (Fsp3) is 0.714. The molecule has 1 fully saturated rings. The molecule has 1 aromatic carbocycles. The highest BCUT2D eigenvalue weighted by Gasteiger charge is 2.59. The maximum absolute atomic E-state index is 13.6. The topological polar surface area (TPSA) is 76.1 Å². The number of carbonyl (C=O) groups is 2. The molecule has 1 amide bonds. The summed E-state index contributed by atoms with van der Waals surface area (Å²) in [5, 5.41) is 10.9. The first-order chi connectivity index (χ1) is 16.3. The Morgan fingerprint density at radius 1 is 1.03 bits per heavy atom. The van der Waals surface area contributed by atoms with Gasteiger partial charge in [-0.05, 0) is 42.1 Å². The number of aliphatic hydroxyl groups is 1. The lowest BCUT2D eigenvalue weighted by atomic mass is 9.82. The first-order valence-corrected chi connectivity index (χ1v) is 19.0. The third kappa shape index (κ3) is 6.88. The van der Waals surface area contributed by atoms with Crippen LogP contribution in [-0.2, 0) is 25.4 Å². The number of carbonyl (C=O) groups excluding carboxylic acids is 2. The maximum Gasteiger partial charge on any atom is 0.308 e. The molecular weight excluding hydrogens is 486 g/mol. The highest BCUT2D eigenvalue weighted by molar-refractivity contribution is 6.80. The summed E-state index contributed by atoms with van der Waals surface area (Å²) >= 11 is 0. The number of amides is 1. The van der Waals surface area contributed by atoms with Gasteiger partial charge in [0.25, 0.3) is 0 Å². The quantitative estimate of drug-likeness (QED) is 0.222. The number of ether oxygens (including phenoxy) is 1. The van der Waals surface area contributed by atoms with E-state index in [1.165, 1.54) is 0 Å². The molecule has 1 heterocycles. The summed E-state index contributed by atoms with van der Waals surface area (Å²) in [6, 6.07) is 9.34. The average Bonchev–Trinajstić information content (AvgIpc) is 2.70. The summed E-state index contributed by atoms with van der Waals surface area (Å²) in [5.74, 6) is -0.627. The minimum absolute atomic E-state index is 0.0324. The molecule has 2 rings (SSSR count). The van der Waals surface area contributed by atoms with Gasteiger partial charge in [0.15, 0.2) is 16.6 Å². The summed E-state index contributed by atoms with van der Waals surface area (Å²) in [4.78, 5) is 26.1. The zero-order chi connectivity index (χ0) is 27.7. The molecule has 1 N–H and O–H groups in total. The Hall–Kier alpha value is -1.49. The number of esters is 1. The van der Waals surface area contributed by atoms with Crippen molar-refractivity contribution in [1.82, 2.24) is 4.57 Å². The highest BCUT2D eigenvalue weighted by Crippen LogP contribution is 2.48. The van der Waals surface area contributed by atoms with E-state index in [4.69, 9.17) is 9.16 Å². The Balaban J connectivity index is 2.17. The van der Waals surface area contributed by atoms with Gasteiger partial charge in [0.1, 0.15) is 6.61 Å². The van der Waals surface area contributed by atoms with Gasteiger partial charge in [0, 0.05) is 6.04 Å². The van der Waals surface area contributed by atoms with Crippen molar-refractivity contribution in [2.45, 2.75) is 122 Å². The molecule has 1 unspecified atom stereocenters. The lowest BCUT2D eigenvalue weighted by molar-refractivity contribution is -0.157. The maximum atomic E-state index is 13.6. The highest BCUT2D eigenvalue weighted by atomic mass is 28.4. The fourth-order valence-electron chi connectivity index (χ4n) is 4.45. The second kappa shape index (κ2) is 11.1. The average molecular weight is 536 g/mol. The molecule has 0 spiro atoms. The molecule has 1 aliphatic heterocycles. The third-order valence-electron chi connectivity index (χ3n) is 8.66. The van der Waals surface area contributed by atoms with E-state index in [-0.39, 0.29) is 47.1 Å². The number of rotatable bonds is 10. The SMILES string of the molecule is C[C@@H](O[Si](C)(C)C(C)(C)C)[C@H]1C(=O)N([Si](C)(C)C(C)(C)C)[C@@H]1CC(O)CC(=O)OCc1ccccc1. The van der Waals surface area contributed by atoms with Gasteiger partial charge >= 0.3 is 5.97 Å². The van der Waals surface area contributed by atoms with Crippen LogP contribution in [0.3, 0.4) is 0 Å². The molecule has 36 heavy (non-hydrogen) atoms. The van der Waals surface area contributed by atoms with Crippen molar-refractivity contribution < 1.29 is 23.9 Å². The van der Waals surface area contributed by atoms with Crippen molar-refractivity contribution in [1.29, 1.82) is 0 Å². The molecule has 0 aliphatic carbocycles. The normalized spacial score (nSPS) is 21.1. The van der Waals surface area contributed by atoms with Crippen LogP contribution in [0.5, 0.6) is 0 Å². The van der Waals surface area contributed by atoms with Crippen LogP contribution in [0.1, 0.15) is 66.9 Å². The van der Waals surface area contributed by atoms with Gasteiger partial charge < -0.3 is 18.8 Å². The molecule has 1 aliphatic rings. The van der Waals surface area contributed by atoms with E-state index >= 15 is 0 Å². The number of hydrogen-bond acceptors (Lipinski definition) is 5. The lowest BCUT2D eigenvalue weighted by Gasteiger charge is -2.60. The third-order valence-corrected chi connectivity index (χ3v) is 18.7. The van der Waals surface area contributed by atoms with Crippen LogP contribution in [0.2, 0.25) is 36.3 Å². The van der Waals surface area contributed by atoms with Crippen LogP contribution in [0.25, 0.3) is 0 Å². The smallest absolute Gasteiger partial charge is 0.308 e. The first-order valence-electron chi connectivity index (χ1n) is 13.2. The van der Waals surface area contributed by atoms with E-state index in [1.54, 1.807) is 0 Å². The summed E-state index contributed by atoms with van der Waals surface area (Å²) in [6.07, 6.45) is -0.885. The van der Waals surface area contributed by atoms with Crippen LogP contribution < -0.4 is 0 Å². The monoisotopic (exact) mass is 535 g/mol. The Labute approximate surface area is 221 Å². The molecule has 4 atom stereocenters. The van der Waals surface area contributed by atoms with Gasteiger partial charge in [-0.2, -0.15) is 0 Å². The van der Waals surface area contributed by atoms with Crippen LogP contribution >= 0.6 is 0 Å². The van der Waals surface area contributed by atoms with Crippen molar-refractivity contribution in [3.05, 3.63) is 35.9 Å². The molecule has 0 saturated carbocycles. The molecular formula is C28H49NO5Si2. The van der Waals surface area contributed by atoms with E-state index in [2.05, 4.69) is 72.3 Å². The fourth-order valence-corrected chi connectivity index (χ4v) is 8.40. The van der Waals surface area contributed by atoms with Gasteiger partial charge in [-0.3, -0.25) is 9.59 Å². The van der Waals surface area contributed by atoms with Gasteiger partial charge in [-0.1, -0.05) is 85.0 Å². The molecule has 6 nitrogen and oxygen atoms in total. The molecule has 0 bridgehead atoms. The van der Waals surface area contributed by atoms with Crippen molar-refractivity contribution in [3.8, 4) is 0 Å². The number of aliphatic hydroxyl groups excluding tert-OH is 1. The Kier molecular flexibility index (Phi) is 9.47. The standard InChI is InChI=1S/C28H49NO5Si2/c1-20(34-36(10,11)28(5,6)7)25-23(29(26(25)32)35(8,9)27(2,3)4)17-22(30)18-24(31)33-19-21-15-13-12-14-16-21/h12-16,20,22-23,25,30H,17-19H2,1-11H3/t20-,22?,23-,25-/m1/s1. The van der Waals surface area contributed by atoms with E-state index in [9.17, 15) is 14.7 Å². The predicted octanol–water partition coefficient (Wildman–Crippen LogP) is 6.11. The summed E-state index contributed by atoms with van der Waals surface area (Å²) < 4.78 is 14.1. The van der Waals surface area contributed by atoms with Crippen LogP contribution in [0, 0.1) is 5.92 Å². The summed E-state index contributed by atoms with van der Waals surface area (Å²) in [7, 11) is -4.27. The molecule has 0 radical (unpaired) electrons. The van der Waals surface area contributed by atoms with Crippen LogP contribution in [0.4, 0.5) is 0 Å². The lowest BCUT2D eigenvalue weighted by Crippen LogP contribution is -2.75. The Morgan fingerprint density at radius 3 is 2.08 bits per heavy atom. The van der Waals surface area contributed by atoms with E-state index in [1.807, 2.05) is 37.3 Å². The van der Waals surface area contributed by atoms with Crippen LogP contribution in [-0.4, -0.2) is 56.4 Å². The molecule has 8 heteroatoms. The number of β-lactam (4-membered cyclic amide) rings is 1. The van der Waals surface area contributed by atoms with Crippen molar-refractivity contribution in [2.24, 2.45) is 5.92 Å². The van der Waals surface area contributed by atoms with E-state index in [0.717, 1.165) is 5.56 Å². The predicted molar refractivity (Wildman–Crippen MR) is 151 cm³/mol. The van der Waals surface area contributed by atoms with Gasteiger partial charge in [-0.25, -0.2) is 0 Å². The van der Waals surface area contributed by atoms with Crippen molar-refractivity contribution in [3.63, 3.8) is 0 Å². The summed E-state index contributed by atoms with van der Waals surface area (Å²) in [6.45, 7) is 24.1. The van der Waals surface area contributed by atoms with E-state index in [0.29, 0.717) is 6.42 Å². The second-order valence-electron chi connectivity index (χ2n) is 13.4.